The predicted octanol–water partition coefficient (Wildman–Crippen LogP) is 3.52. The van der Waals surface area contributed by atoms with E-state index in [9.17, 15) is 0 Å². The molecule has 0 bridgehead atoms. The summed E-state index contributed by atoms with van der Waals surface area (Å²) in [6.45, 7) is 9.29. The van der Waals surface area contributed by atoms with Gasteiger partial charge in [0.25, 0.3) is 0 Å². The minimum atomic E-state index is -0.244. The minimum absolute atomic E-state index is 0.244. The monoisotopic (exact) mass is 180 g/mol. The van der Waals surface area contributed by atoms with Crippen LogP contribution in [0, 0.1) is 0 Å². The molecule has 0 N–H and O–H groups in total. The van der Waals surface area contributed by atoms with Gasteiger partial charge in [0.1, 0.15) is 0 Å². The van der Waals surface area contributed by atoms with Crippen LogP contribution in [0.4, 0.5) is 0 Å². The highest BCUT2D eigenvalue weighted by atomic mass is 33.2. The topological polar surface area (TPSA) is 0 Å². The van der Waals surface area contributed by atoms with Gasteiger partial charge in [0.15, 0.2) is 0 Å². The van der Waals surface area contributed by atoms with E-state index in [0.29, 0.717) is 0 Å². The van der Waals surface area contributed by atoms with Crippen LogP contribution >= 0.6 is 19.9 Å². The van der Waals surface area contributed by atoms with Gasteiger partial charge in [-0.25, -0.2) is 0 Å². The van der Waals surface area contributed by atoms with Crippen LogP contribution in [-0.4, -0.2) is 23.0 Å². The largest absolute Gasteiger partial charge is 0.194 e. The van der Waals surface area contributed by atoms with Crippen LogP contribution in [0.2, 0.25) is 0 Å². The lowest BCUT2D eigenvalue weighted by molar-refractivity contribution is 1.37. The summed E-state index contributed by atoms with van der Waals surface area (Å²) in [5.41, 5.74) is 0. The molecule has 0 aromatic carbocycles. The fourth-order valence-corrected chi connectivity index (χ4v) is 6.34. The first-order chi connectivity index (χ1) is 4.74. The highest BCUT2D eigenvalue weighted by Gasteiger charge is 2.16. The van der Waals surface area contributed by atoms with Gasteiger partial charge in [-0.2, -0.15) is 9.06 Å². The van der Waals surface area contributed by atoms with E-state index in [1.807, 2.05) is 0 Å². The van der Waals surface area contributed by atoms with E-state index in [-0.39, 0.29) is 9.06 Å². The maximum absolute atomic E-state index is 2.34. The van der Waals surface area contributed by atoms with Crippen molar-refractivity contribution in [1.29, 1.82) is 0 Å². The van der Waals surface area contributed by atoms with Crippen molar-refractivity contribution in [2.45, 2.75) is 27.7 Å². The van der Waals surface area contributed by atoms with Gasteiger partial charge in [-0.3, -0.25) is 0 Å². The number of hydrogen-bond acceptors (Lipinski definition) is 1. The zero-order chi connectivity index (χ0) is 8.04. The van der Waals surface area contributed by atoms with E-state index in [2.05, 4.69) is 38.5 Å². The van der Waals surface area contributed by atoms with Gasteiger partial charge in [0.2, 0.25) is 0 Å². The smallest absolute Gasteiger partial charge is 0.000642 e. The lowest BCUT2D eigenvalue weighted by Gasteiger charge is -2.35. The molecule has 0 aliphatic heterocycles. The van der Waals surface area contributed by atoms with Gasteiger partial charge in [0, 0.05) is 0 Å². The predicted molar refractivity (Wildman–Crippen MR) is 57.3 cm³/mol. The third-order valence-corrected chi connectivity index (χ3v) is 10.2. The molecular formula is C8H20S2. The fourth-order valence-electron chi connectivity index (χ4n) is 1.11. The van der Waals surface area contributed by atoms with Gasteiger partial charge in [-0.1, -0.05) is 27.7 Å². The van der Waals surface area contributed by atoms with Gasteiger partial charge < -0.3 is 0 Å². The lowest BCUT2D eigenvalue weighted by Crippen LogP contribution is -2.04. The molecule has 0 spiro atoms. The Morgan fingerprint density at radius 2 is 1.30 bits per heavy atom. The first-order valence-corrected chi connectivity index (χ1v) is 7.79. The van der Waals surface area contributed by atoms with E-state index >= 15 is 0 Å². The van der Waals surface area contributed by atoms with Crippen molar-refractivity contribution in [3.8, 4) is 0 Å². The summed E-state index contributed by atoms with van der Waals surface area (Å²) in [6, 6.07) is 0. The molecule has 0 aliphatic carbocycles. The summed E-state index contributed by atoms with van der Waals surface area (Å²) in [5, 5.41) is 0. The lowest BCUT2D eigenvalue weighted by atomic mass is 10.9. The fraction of sp³-hybridized carbons (Fsp3) is 1.00. The summed E-state index contributed by atoms with van der Waals surface area (Å²) in [5.74, 6) is 5.50. The molecule has 0 saturated carbocycles. The number of hydrogen-bond donors (Lipinski definition) is 0. The van der Waals surface area contributed by atoms with E-state index in [0.717, 1.165) is 0 Å². The summed E-state index contributed by atoms with van der Waals surface area (Å²) in [4.78, 5) is 0. The molecule has 0 saturated heterocycles. The Morgan fingerprint density at radius 3 is 1.40 bits per heavy atom. The molecule has 10 heavy (non-hydrogen) atoms. The Kier molecular flexibility index (Phi) is 5.74. The molecule has 0 heterocycles. The van der Waals surface area contributed by atoms with Gasteiger partial charge in [-0.15, -0.1) is 10.8 Å². The van der Waals surface area contributed by atoms with Crippen LogP contribution in [0.3, 0.4) is 0 Å². The van der Waals surface area contributed by atoms with Crippen LogP contribution in [-0.2, 0) is 0 Å². The molecule has 0 nitrogen and oxygen atoms in total. The zero-order valence-electron chi connectivity index (χ0n) is 7.64. The summed E-state index contributed by atoms with van der Waals surface area (Å²) in [6.07, 6.45) is 0. The Bertz CT molecular complexity index is 69.1. The molecule has 0 atom stereocenters. The summed E-state index contributed by atoms with van der Waals surface area (Å²) < 4.78 is 0. The van der Waals surface area contributed by atoms with Crippen molar-refractivity contribution >= 4 is 19.9 Å². The molecule has 0 amide bonds. The van der Waals surface area contributed by atoms with Crippen molar-refractivity contribution in [2.24, 2.45) is 0 Å². The Labute approximate surface area is 70.9 Å². The summed E-state index contributed by atoms with van der Waals surface area (Å²) in [7, 11) is 1.96. The molecule has 0 radical (unpaired) electrons. The van der Waals surface area contributed by atoms with Crippen molar-refractivity contribution in [3.05, 3.63) is 0 Å². The quantitative estimate of drug-likeness (QED) is 0.583. The van der Waals surface area contributed by atoms with E-state index < -0.39 is 0 Å². The van der Waals surface area contributed by atoms with E-state index in [1.54, 1.807) is 0 Å². The first-order valence-electron chi connectivity index (χ1n) is 4.15. The van der Waals surface area contributed by atoms with Crippen molar-refractivity contribution in [2.75, 3.05) is 23.0 Å². The Hall–Kier alpha value is 0.700. The van der Waals surface area contributed by atoms with E-state index in [4.69, 9.17) is 0 Å². The van der Waals surface area contributed by atoms with Crippen LogP contribution < -0.4 is 0 Å². The minimum Gasteiger partial charge on any atom is -0.194 e. The molecule has 0 unspecified atom stereocenters. The molecule has 0 rings (SSSR count). The number of rotatable bonds is 5. The normalized spacial score (nSPS) is 13.6. The molecule has 64 valence electrons. The van der Waals surface area contributed by atoms with Gasteiger partial charge in [-0.05, 0) is 23.0 Å². The second kappa shape index (κ2) is 5.36. The molecule has 2 heteroatoms. The van der Waals surface area contributed by atoms with Crippen LogP contribution in [0.15, 0.2) is 0 Å². The summed E-state index contributed by atoms with van der Waals surface area (Å²) >= 11 is 0. The second-order valence-corrected chi connectivity index (χ2v) is 9.54. The standard InChI is InChI=1S/C8H20S2/c1-5-9-10(6-2,7-3)8-4/h5-8H2,1-4H3. The highest BCUT2D eigenvalue weighted by Crippen LogP contribution is 2.58. The highest BCUT2D eigenvalue weighted by molar-refractivity contribution is 8.94. The molecular weight excluding hydrogens is 160 g/mol. The van der Waals surface area contributed by atoms with Crippen LogP contribution in [0.5, 0.6) is 0 Å². The molecule has 0 aromatic rings. The van der Waals surface area contributed by atoms with Crippen molar-refractivity contribution in [3.63, 3.8) is 0 Å². The molecule has 0 fully saturated rings. The molecule has 0 aliphatic rings. The third kappa shape index (κ3) is 2.75. The maximum Gasteiger partial charge on any atom is -0.000642 e. The Balaban J connectivity index is 3.87. The van der Waals surface area contributed by atoms with Crippen molar-refractivity contribution < 1.29 is 0 Å². The third-order valence-electron chi connectivity index (χ3n) is 1.95. The average Bonchev–Trinajstić information content (AvgIpc) is 2.01. The van der Waals surface area contributed by atoms with Crippen LogP contribution in [0.1, 0.15) is 27.7 Å². The van der Waals surface area contributed by atoms with Gasteiger partial charge in [0.05, 0.1) is 0 Å². The van der Waals surface area contributed by atoms with Gasteiger partial charge >= 0.3 is 0 Å². The van der Waals surface area contributed by atoms with E-state index in [1.165, 1.54) is 23.0 Å². The Morgan fingerprint density at radius 1 is 0.900 bits per heavy atom. The average molecular weight is 180 g/mol. The zero-order valence-corrected chi connectivity index (χ0v) is 9.28. The second-order valence-electron chi connectivity index (χ2n) is 2.24. The molecule has 0 aromatic heterocycles. The van der Waals surface area contributed by atoms with Crippen molar-refractivity contribution in [1.82, 2.24) is 0 Å². The SMILES string of the molecule is CCSS(CC)(CC)CC. The first kappa shape index (κ1) is 10.7. The van der Waals surface area contributed by atoms with Crippen LogP contribution in [0.25, 0.3) is 0 Å². The maximum atomic E-state index is 2.34.